The zero-order valence-electron chi connectivity index (χ0n) is 6.14. The van der Waals surface area contributed by atoms with Crippen molar-refractivity contribution in [3.8, 4) is 0 Å². The van der Waals surface area contributed by atoms with Crippen LogP contribution in [0.5, 0.6) is 0 Å². The average molecular weight is 184 g/mol. The van der Waals surface area contributed by atoms with Crippen molar-refractivity contribution in [2.24, 2.45) is 0 Å². The van der Waals surface area contributed by atoms with Crippen LogP contribution in [0, 0.1) is 0 Å². The fourth-order valence-corrected chi connectivity index (χ4v) is 0.349. The van der Waals surface area contributed by atoms with Crippen molar-refractivity contribution >= 4 is 11.1 Å². The van der Waals surface area contributed by atoms with Gasteiger partial charge in [0, 0.05) is 0 Å². The summed E-state index contributed by atoms with van der Waals surface area (Å²) in [6.07, 6.45) is 0.476. The van der Waals surface area contributed by atoms with Crippen molar-refractivity contribution in [3.05, 3.63) is 12.8 Å². The van der Waals surface area contributed by atoms with Gasteiger partial charge < -0.3 is 5.61 Å². The van der Waals surface area contributed by atoms with E-state index in [1.807, 2.05) is 0 Å². The van der Waals surface area contributed by atoms with Gasteiger partial charge in [0.1, 0.15) is 0 Å². The van der Waals surface area contributed by atoms with Crippen LogP contribution in [0.1, 0.15) is 1.43 Å². The molecule has 0 bridgehead atoms. The Bertz CT molecular complexity index is 139. The Hall–Kier alpha value is 0.480. The fraction of sp³-hybridized carbons (Fsp3) is 0.333. The SMILES string of the molecule is C=COS(=O)C(F)(F)F.[H-].[Na+]. The van der Waals surface area contributed by atoms with Gasteiger partial charge in [-0.05, 0) is 0 Å². The minimum atomic E-state index is -4.81. The Balaban J connectivity index is -0.000000320. The van der Waals surface area contributed by atoms with Crippen LogP contribution in [-0.2, 0) is 15.3 Å². The van der Waals surface area contributed by atoms with E-state index < -0.39 is 16.6 Å². The molecule has 0 N–H and O–H groups in total. The summed E-state index contributed by atoms with van der Waals surface area (Å²) in [6.45, 7) is 2.80. The van der Waals surface area contributed by atoms with Gasteiger partial charge in [-0.3, -0.25) is 0 Å². The number of rotatable bonds is 2. The summed E-state index contributed by atoms with van der Waals surface area (Å²) in [7, 11) is 0. The van der Waals surface area contributed by atoms with Crippen molar-refractivity contribution in [2.45, 2.75) is 5.51 Å². The summed E-state index contributed by atoms with van der Waals surface area (Å²) in [5.74, 6) is 0. The molecule has 0 aromatic rings. The van der Waals surface area contributed by atoms with Crippen molar-refractivity contribution in [3.63, 3.8) is 0 Å². The molecule has 0 fully saturated rings. The predicted octanol–water partition coefficient (Wildman–Crippen LogP) is -1.55. The smallest absolute Gasteiger partial charge is 1.00 e. The number of alkyl halides is 3. The van der Waals surface area contributed by atoms with E-state index in [9.17, 15) is 17.4 Å². The molecule has 1 atom stereocenters. The molecule has 0 aliphatic carbocycles. The maximum atomic E-state index is 11.2. The van der Waals surface area contributed by atoms with Crippen molar-refractivity contribution in [2.75, 3.05) is 0 Å². The van der Waals surface area contributed by atoms with Gasteiger partial charge >= 0.3 is 46.1 Å². The van der Waals surface area contributed by atoms with Gasteiger partial charge in [0.2, 0.25) is 0 Å². The molecule has 0 amide bonds. The van der Waals surface area contributed by atoms with E-state index in [2.05, 4.69) is 10.8 Å². The van der Waals surface area contributed by atoms with Crippen LogP contribution in [0.2, 0.25) is 0 Å². The van der Waals surface area contributed by atoms with Crippen molar-refractivity contribution < 1.29 is 52.5 Å². The third-order valence-electron chi connectivity index (χ3n) is 0.344. The number of hydrogen-bond donors (Lipinski definition) is 0. The van der Waals surface area contributed by atoms with E-state index in [0.29, 0.717) is 6.26 Å². The fourth-order valence-electron chi connectivity index (χ4n) is 0.116. The van der Waals surface area contributed by atoms with Crippen LogP contribution >= 0.6 is 0 Å². The van der Waals surface area contributed by atoms with Crippen LogP contribution in [0.25, 0.3) is 0 Å². The first-order chi connectivity index (χ1) is 3.98. The molecule has 7 heteroatoms. The van der Waals surface area contributed by atoms with Gasteiger partial charge in [-0.2, -0.15) is 13.2 Å². The maximum Gasteiger partial charge on any atom is 1.00 e. The third kappa shape index (κ3) is 5.28. The first-order valence-electron chi connectivity index (χ1n) is 1.75. The molecule has 0 spiro atoms. The summed E-state index contributed by atoms with van der Waals surface area (Å²) in [5, 5.41) is 0. The predicted molar refractivity (Wildman–Crippen MR) is 26.6 cm³/mol. The number of hydrogen-bond acceptors (Lipinski definition) is 2. The molecule has 56 valence electrons. The number of halogens is 3. The molecule has 10 heavy (non-hydrogen) atoms. The summed E-state index contributed by atoms with van der Waals surface area (Å²) in [5.41, 5.74) is -4.81. The standard InChI is InChI=1S/C3H3F3O2S.Na.H/c1-2-8-9(7)3(4,5)6;;/h2H,1H2;;/q;+1;-1. The molecule has 0 aliphatic heterocycles. The molecule has 0 aromatic heterocycles. The summed E-state index contributed by atoms with van der Waals surface area (Å²) < 4.78 is 46.8. The van der Waals surface area contributed by atoms with Crippen LogP contribution in [0.15, 0.2) is 12.8 Å². The largest absolute Gasteiger partial charge is 1.00 e. The van der Waals surface area contributed by atoms with Crippen molar-refractivity contribution in [1.29, 1.82) is 0 Å². The van der Waals surface area contributed by atoms with E-state index in [1.165, 1.54) is 0 Å². The molecule has 0 rings (SSSR count). The first kappa shape index (κ1) is 13.1. The molecule has 0 aromatic carbocycles. The van der Waals surface area contributed by atoms with Crippen molar-refractivity contribution in [1.82, 2.24) is 0 Å². The average Bonchev–Trinajstić information content (AvgIpc) is 1.64. The normalized spacial score (nSPS) is 13.1. The molecule has 0 saturated carbocycles. The van der Waals surface area contributed by atoms with E-state index in [-0.39, 0.29) is 31.0 Å². The zero-order valence-corrected chi connectivity index (χ0v) is 7.96. The molecule has 1 unspecified atom stereocenters. The molecule has 0 aliphatic rings. The van der Waals surface area contributed by atoms with Gasteiger partial charge in [0.05, 0.1) is 6.26 Å². The Morgan fingerprint density at radius 2 is 2.00 bits per heavy atom. The van der Waals surface area contributed by atoms with Crippen LogP contribution in [0.3, 0.4) is 0 Å². The third-order valence-corrected chi connectivity index (χ3v) is 1.03. The molecule has 0 heterocycles. The Morgan fingerprint density at radius 1 is 1.60 bits per heavy atom. The second-order valence-electron chi connectivity index (χ2n) is 0.943. The van der Waals surface area contributed by atoms with E-state index in [0.717, 1.165) is 0 Å². The van der Waals surface area contributed by atoms with E-state index in [4.69, 9.17) is 0 Å². The van der Waals surface area contributed by atoms with Gasteiger partial charge in [0.15, 0.2) is 0 Å². The van der Waals surface area contributed by atoms with Gasteiger partial charge in [0.25, 0.3) is 0 Å². The quantitative estimate of drug-likeness (QED) is 0.383. The second kappa shape index (κ2) is 5.17. The van der Waals surface area contributed by atoms with Gasteiger partial charge in [-0.15, -0.1) is 0 Å². The molecule has 0 saturated heterocycles. The molecule has 0 radical (unpaired) electrons. The minimum Gasteiger partial charge on any atom is -1.00 e. The Labute approximate surface area is 81.9 Å². The summed E-state index contributed by atoms with van der Waals surface area (Å²) >= 11 is -3.26. The summed E-state index contributed by atoms with van der Waals surface area (Å²) in [4.78, 5) is 0. The zero-order chi connectivity index (χ0) is 7.49. The Kier molecular flexibility index (Phi) is 6.77. The first-order valence-corrected chi connectivity index (χ1v) is 2.82. The molecular formula is C3H4F3NaO2S. The van der Waals surface area contributed by atoms with E-state index in [1.54, 1.807) is 0 Å². The summed E-state index contributed by atoms with van der Waals surface area (Å²) in [6, 6.07) is 0. The Morgan fingerprint density at radius 3 is 2.10 bits per heavy atom. The topological polar surface area (TPSA) is 26.3 Å². The van der Waals surface area contributed by atoms with Gasteiger partial charge in [-0.25, -0.2) is 4.21 Å². The van der Waals surface area contributed by atoms with Crippen LogP contribution in [0.4, 0.5) is 13.2 Å². The monoisotopic (exact) mass is 184 g/mol. The minimum absolute atomic E-state index is 0. The second-order valence-corrected chi connectivity index (χ2v) is 2.07. The molecular weight excluding hydrogens is 180 g/mol. The van der Waals surface area contributed by atoms with E-state index >= 15 is 0 Å². The molecule has 2 nitrogen and oxygen atoms in total. The van der Waals surface area contributed by atoms with Crippen LogP contribution < -0.4 is 29.6 Å². The van der Waals surface area contributed by atoms with Gasteiger partial charge in [-0.1, -0.05) is 6.58 Å². The van der Waals surface area contributed by atoms with Crippen LogP contribution in [-0.4, -0.2) is 9.72 Å². The maximum absolute atomic E-state index is 11.2.